The number of nitrogens with one attached hydrogen (secondary N) is 1. The fourth-order valence-corrected chi connectivity index (χ4v) is 5.85. The molecule has 0 spiro atoms. The molecule has 2 aliphatic heterocycles. The Morgan fingerprint density at radius 3 is 2.86 bits per heavy atom. The Morgan fingerprint density at radius 2 is 2.14 bits per heavy atom. The predicted molar refractivity (Wildman–Crippen MR) is 115 cm³/mol. The van der Waals surface area contributed by atoms with E-state index in [-0.39, 0.29) is 22.8 Å². The number of amides is 1. The second-order valence-corrected chi connectivity index (χ2v) is 9.89. The van der Waals surface area contributed by atoms with Crippen LogP contribution in [0.2, 0.25) is 10.0 Å². The maximum atomic E-state index is 12.5. The number of rotatable bonds is 2. The van der Waals surface area contributed by atoms with Crippen LogP contribution in [0, 0.1) is 6.92 Å². The number of ether oxygens (including phenoxy) is 1. The monoisotopic (exact) mass is 439 g/mol. The molecule has 1 aromatic carbocycles. The van der Waals surface area contributed by atoms with Gasteiger partial charge in [0.25, 0.3) is 0 Å². The zero-order valence-electron chi connectivity index (χ0n) is 16.1. The van der Waals surface area contributed by atoms with E-state index >= 15 is 0 Å². The molecule has 0 bridgehead atoms. The van der Waals surface area contributed by atoms with Crippen LogP contribution in [0.25, 0.3) is 0 Å². The Morgan fingerprint density at radius 1 is 1.36 bits per heavy atom. The molecule has 4 rings (SSSR count). The highest BCUT2D eigenvalue weighted by atomic mass is 35.5. The molecule has 8 heteroatoms. The summed E-state index contributed by atoms with van der Waals surface area (Å²) in [4.78, 5) is 12.5. The van der Waals surface area contributed by atoms with Gasteiger partial charge < -0.3 is 10.1 Å². The van der Waals surface area contributed by atoms with Crippen LogP contribution in [-0.4, -0.2) is 33.6 Å². The van der Waals surface area contributed by atoms with Crippen LogP contribution >= 0.6 is 35.0 Å². The first-order valence-electron chi connectivity index (χ1n) is 9.34. The van der Waals surface area contributed by atoms with Gasteiger partial charge in [-0.1, -0.05) is 29.3 Å². The summed E-state index contributed by atoms with van der Waals surface area (Å²) >= 11 is 14.2. The van der Waals surface area contributed by atoms with Crippen molar-refractivity contribution in [1.82, 2.24) is 9.78 Å². The summed E-state index contributed by atoms with van der Waals surface area (Å²) < 4.78 is 7.86. The van der Waals surface area contributed by atoms with Crippen molar-refractivity contribution in [3.8, 4) is 0 Å². The fourth-order valence-electron chi connectivity index (χ4n) is 4.04. The number of carbonyl (C=O) groups is 1. The van der Waals surface area contributed by atoms with Gasteiger partial charge in [0.15, 0.2) is 0 Å². The lowest BCUT2D eigenvalue weighted by atomic mass is 9.94. The molecule has 28 heavy (non-hydrogen) atoms. The van der Waals surface area contributed by atoms with Gasteiger partial charge in [0.05, 0.1) is 28.3 Å². The molecular formula is C20H23Cl2N3O2S. The summed E-state index contributed by atoms with van der Waals surface area (Å²) in [6.07, 6.45) is 1.71. The van der Waals surface area contributed by atoms with Crippen molar-refractivity contribution in [1.29, 1.82) is 0 Å². The van der Waals surface area contributed by atoms with E-state index in [1.807, 2.05) is 23.7 Å². The molecule has 0 radical (unpaired) electrons. The van der Waals surface area contributed by atoms with Crippen molar-refractivity contribution < 1.29 is 9.53 Å². The van der Waals surface area contributed by atoms with E-state index in [0.29, 0.717) is 22.4 Å². The second-order valence-electron chi connectivity index (χ2n) is 7.95. The van der Waals surface area contributed by atoms with Gasteiger partial charge in [0, 0.05) is 22.2 Å². The number of fused-ring (bicyclic) bond motifs is 1. The highest BCUT2D eigenvalue weighted by Crippen LogP contribution is 2.47. The lowest BCUT2D eigenvalue weighted by molar-refractivity contribution is -0.113. The van der Waals surface area contributed by atoms with Crippen LogP contribution in [0.5, 0.6) is 0 Å². The van der Waals surface area contributed by atoms with Gasteiger partial charge in [0.2, 0.25) is 5.91 Å². The minimum atomic E-state index is -0.210. The van der Waals surface area contributed by atoms with Gasteiger partial charge in [-0.2, -0.15) is 5.10 Å². The fraction of sp³-hybridized carbons (Fsp3) is 0.500. The van der Waals surface area contributed by atoms with E-state index in [0.717, 1.165) is 35.5 Å². The molecular weight excluding hydrogens is 417 g/mol. The molecule has 0 unspecified atom stereocenters. The van der Waals surface area contributed by atoms with Crippen molar-refractivity contribution in [2.24, 2.45) is 0 Å². The number of aromatic nitrogens is 2. The molecule has 1 amide bonds. The molecule has 1 fully saturated rings. The molecule has 0 aliphatic carbocycles. The molecule has 2 atom stereocenters. The van der Waals surface area contributed by atoms with E-state index < -0.39 is 0 Å². The molecule has 3 heterocycles. The number of hydrogen-bond acceptors (Lipinski definition) is 4. The lowest BCUT2D eigenvalue weighted by Crippen LogP contribution is -2.36. The largest absolute Gasteiger partial charge is 0.375 e. The average molecular weight is 440 g/mol. The zero-order valence-corrected chi connectivity index (χ0v) is 18.4. The zero-order chi connectivity index (χ0) is 20.1. The van der Waals surface area contributed by atoms with E-state index in [1.165, 1.54) is 0 Å². The van der Waals surface area contributed by atoms with Crippen LogP contribution in [-0.2, 0) is 9.53 Å². The van der Waals surface area contributed by atoms with Crippen LogP contribution in [0.15, 0.2) is 18.2 Å². The molecule has 2 aromatic rings. The van der Waals surface area contributed by atoms with Gasteiger partial charge in [-0.25, -0.2) is 4.68 Å². The van der Waals surface area contributed by atoms with E-state index in [1.54, 1.807) is 17.8 Å². The van der Waals surface area contributed by atoms with Gasteiger partial charge in [-0.05, 0) is 51.3 Å². The highest BCUT2D eigenvalue weighted by molar-refractivity contribution is 8.00. The number of anilines is 1. The number of nitrogens with zero attached hydrogens (tertiary/aromatic N) is 2. The van der Waals surface area contributed by atoms with E-state index in [9.17, 15) is 4.79 Å². The van der Waals surface area contributed by atoms with Crippen molar-refractivity contribution in [3.05, 3.63) is 45.1 Å². The third kappa shape index (κ3) is 3.80. The van der Waals surface area contributed by atoms with E-state index in [4.69, 9.17) is 33.0 Å². The molecule has 1 saturated heterocycles. The van der Waals surface area contributed by atoms with Crippen LogP contribution in [0.3, 0.4) is 0 Å². The number of carbonyl (C=O) groups excluding carboxylic acids is 1. The topological polar surface area (TPSA) is 56.2 Å². The molecule has 150 valence electrons. The maximum absolute atomic E-state index is 12.5. The average Bonchev–Trinajstić information content (AvgIpc) is 2.81. The Kier molecular flexibility index (Phi) is 5.42. The van der Waals surface area contributed by atoms with Crippen molar-refractivity contribution in [2.75, 3.05) is 17.7 Å². The molecule has 2 aliphatic rings. The first-order chi connectivity index (χ1) is 13.2. The van der Waals surface area contributed by atoms with Gasteiger partial charge >= 0.3 is 0 Å². The third-order valence-electron chi connectivity index (χ3n) is 5.29. The lowest BCUT2D eigenvalue weighted by Gasteiger charge is -2.36. The predicted octanol–water partition coefficient (Wildman–Crippen LogP) is 5.40. The third-order valence-corrected chi connectivity index (χ3v) is 7.11. The highest BCUT2D eigenvalue weighted by Gasteiger charge is 2.36. The smallest absolute Gasteiger partial charge is 0.235 e. The summed E-state index contributed by atoms with van der Waals surface area (Å²) in [7, 11) is 0. The van der Waals surface area contributed by atoms with Gasteiger partial charge in [-0.15, -0.1) is 11.8 Å². The van der Waals surface area contributed by atoms with Crippen LogP contribution in [0.1, 0.15) is 54.8 Å². The number of halogens is 2. The molecule has 5 nitrogen and oxygen atoms in total. The normalized spacial score (nSPS) is 24.4. The van der Waals surface area contributed by atoms with E-state index in [2.05, 4.69) is 19.2 Å². The maximum Gasteiger partial charge on any atom is 0.235 e. The Hall–Kier alpha value is -1.21. The quantitative estimate of drug-likeness (QED) is 0.679. The standard InChI is InChI=1S/C20H23Cl2N3O2S/c1-11-17-18(14-5-4-12(21)8-15(14)22)28-10-16(26)23-19(17)25(24-11)13-6-7-27-20(2,3)9-13/h4-5,8,13,18H,6-7,9-10H2,1-3H3,(H,23,26)/t13-,18-/m1/s1. The Balaban J connectivity index is 1.81. The number of thioether (sulfide) groups is 1. The Bertz CT molecular complexity index is 928. The first kappa shape index (κ1) is 20.1. The minimum absolute atomic E-state index is 0.0219. The van der Waals surface area contributed by atoms with Crippen molar-refractivity contribution >= 4 is 46.7 Å². The molecule has 1 aromatic heterocycles. The molecule has 0 saturated carbocycles. The first-order valence-corrected chi connectivity index (χ1v) is 11.1. The summed E-state index contributed by atoms with van der Waals surface area (Å²) in [5.41, 5.74) is 2.66. The second kappa shape index (κ2) is 7.56. The van der Waals surface area contributed by atoms with Gasteiger partial charge in [0.1, 0.15) is 5.82 Å². The number of aryl methyl sites for hydroxylation is 1. The Labute approximate surface area is 179 Å². The number of hydrogen-bond donors (Lipinski definition) is 1. The van der Waals surface area contributed by atoms with Crippen molar-refractivity contribution in [2.45, 2.75) is 50.5 Å². The number of benzene rings is 1. The summed E-state index contributed by atoms with van der Waals surface area (Å²) in [5, 5.41) is 9.06. The van der Waals surface area contributed by atoms with Crippen molar-refractivity contribution in [3.63, 3.8) is 0 Å². The minimum Gasteiger partial charge on any atom is -0.375 e. The summed E-state index contributed by atoms with van der Waals surface area (Å²) in [5.74, 6) is 1.12. The summed E-state index contributed by atoms with van der Waals surface area (Å²) in [6.45, 7) is 6.87. The van der Waals surface area contributed by atoms with Crippen LogP contribution < -0.4 is 5.32 Å². The summed E-state index contributed by atoms with van der Waals surface area (Å²) in [6, 6.07) is 5.70. The molecule has 1 N–H and O–H groups in total. The SMILES string of the molecule is Cc1nn([C@@H]2CCOC(C)(C)C2)c2c1[C@@H](c1ccc(Cl)cc1Cl)SCC(=O)N2. The van der Waals surface area contributed by atoms with Crippen LogP contribution in [0.4, 0.5) is 5.82 Å². The van der Waals surface area contributed by atoms with Gasteiger partial charge in [-0.3, -0.25) is 4.79 Å².